The molecule has 3 unspecified atom stereocenters. The van der Waals surface area contributed by atoms with Crippen LogP contribution in [0.25, 0.3) is 0 Å². The predicted octanol–water partition coefficient (Wildman–Crippen LogP) is 2.63. The number of halogens is 3. The second-order valence-corrected chi connectivity index (χ2v) is 4.71. The minimum atomic E-state index is -4.27. The van der Waals surface area contributed by atoms with Crippen molar-refractivity contribution in [3.8, 4) is 0 Å². The van der Waals surface area contributed by atoms with Crippen LogP contribution in [0.5, 0.6) is 0 Å². The number of likely N-dealkylation sites (N-methyl/N-ethyl adjacent to an activating group) is 1. The number of nitrogens with two attached hydrogens (primary N) is 1. The first-order valence-corrected chi connectivity index (χ1v) is 5.67. The van der Waals surface area contributed by atoms with Crippen molar-refractivity contribution in [2.24, 2.45) is 11.7 Å². The average Bonchev–Trinajstić information content (AvgIpc) is 2.13. The highest BCUT2D eigenvalue weighted by Gasteiger charge is 2.46. The van der Waals surface area contributed by atoms with Crippen LogP contribution in [0.15, 0.2) is 0 Å². The standard InChI is InChI=1S/C11H23F3N2/c1-6-9(15)10(11(12,13)14)16(5)8(4)7(2)3/h7-10H,6,15H2,1-5H3. The largest absolute Gasteiger partial charge is 0.405 e. The van der Waals surface area contributed by atoms with Crippen LogP contribution in [0.1, 0.15) is 34.1 Å². The molecule has 0 rings (SSSR count). The van der Waals surface area contributed by atoms with Gasteiger partial charge >= 0.3 is 6.18 Å². The van der Waals surface area contributed by atoms with Gasteiger partial charge in [-0.2, -0.15) is 13.2 Å². The molecule has 0 aliphatic rings. The molecule has 0 aromatic carbocycles. The Hall–Kier alpha value is -0.290. The first-order chi connectivity index (χ1) is 7.12. The summed E-state index contributed by atoms with van der Waals surface area (Å²) in [5, 5.41) is 0. The van der Waals surface area contributed by atoms with Crippen molar-refractivity contribution in [2.75, 3.05) is 7.05 Å². The maximum Gasteiger partial charge on any atom is 0.405 e. The Kier molecular flexibility index (Phi) is 5.76. The molecule has 5 heteroatoms. The molecule has 0 aliphatic heterocycles. The summed E-state index contributed by atoms with van der Waals surface area (Å²) in [6, 6.07) is -2.58. The Morgan fingerprint density at radius 2 is 1.62 bits per heavy atom. The Morgan fingerprint density at radius 1 is 1.19 bits per heavy atom. The van der Waals surface area contributed by atoms with Crippen molar-refractivity contribution in [1.82, 2.24) is 4.90 Å². The van der Waals surface area contributed by atoms with E-state index < -0.39 is 18.3 Å². The second-order valence-electron chi connectivity index (χ2n) is 4.71. The summed E-state index contributed by atoms with van der Waals surface area (Å²) in [6.45, 7) is 7.29. The summed E-state index contributed by atoms with van der Waals surface area (Å²) >= 11 is 0. The van der Waals surface area contributed by atoms with Crippen LogP contribution in [-0.4, -0.2) is 36.2 Å². The van der Waals surface area contributed by atoms with E-state index in [1.807, 2.05) is 13.8 Å². The van der Waals surface area contributed by atoms with E-state index in [-0.39, 0.29) is 12.0 Å². The van der Waals surface area contributed by atoms with E-state index in [0.29, 0.717) is 6.42 Å². The summed E-state index contributed by atoms with van der Waals surface area (Å²) in [5.74, 6) is 0.166. The van der Waals surface area contributed by atoms with Crippen molar-refractivity contribution in [1.29, 1.82) is 0 Å². The molecule has 0 aromatic heterocycles. The lowest BCUT2D eigenvalue weighted by Crippen LogP contribution is -2.57. The molecule has 0 spiro atoms. The van der Waals surface area contributed by atoms with Crippen molar-refractivity contribution < 1.29 is 13.2 Å². The number of rotatable bonds is 5. The van der Waals surface area contributed by atoms with Gasteiger partial charge in [-0.1, -0.05) is 20.8 Å². The molecule has 0 fully saturated rings. The maximum atomic E-state index is 12.9. The number of hydrogen-bond donors (Lipinski definition) is 1. The third-order valence-electron chi connectivity index (χ3n) is 3.26. The lowest BCUT2D eigenvalue weighted by Gasteiger charge is -2.39. The van der Waals surface area contributed by atoms with Gasteiger partial charge in [0.15, 0.2) is 0 Å². The van der Waals surface area contributed by atoms with Crippen molar-refractivity contribution in [2.45, 2.75) is 58.4 Å². The molecule has 0 saturated heterocycles. The summed E-state index contributed by atoms with van der Waals surface area (Å²) in [7, 11) is 1.50. The molecule has 0 saturated carbocycles. The average molecular weight is 240 g/mol. The highest BCUT2D eigenvalue weighted by Crippen LogP contribution is 2.29. The van der Waals surface area contributed by atoms with Crippen LogP contribution >= 0.6 is 0 Å². The fraction of sp³-hybridized carbons (Fsp3) is 1.00. The van der Waals surface area contributed by atoms with Gasteiger partial charge in [-0.15, -0.1) is 0 Å². The van der Waals surface area contributed by atoms with Gasteiger partial charge in [0, 0.05) is 12.1 Å². The number of nitrogens with zero attached hydrogens (tertiary/aromatic N) is 1. The fourth-order valence-electron chi connectivity index (χ4n) is 1.72. The van der Waals surface area contributed by atoms with Gasteiger partial charge in [-0.05, 0) is 26.3 Å². The molecule has 0 heterocycles. The fourth-order valence-corrected chi connectivity index (χ4v) is 1.72. The molecule has 2 N–H and O–H groups in total. The molecular weight excluding hydrogens is 217 g/mol. The van der Waals surface area contributed by atoms with Crippen LogP contribution in [0, 0.1) is 5.92 Å². The van der Waals surface area contributed by atoms with Crippen LogP contribution in [0.3, 0.4) is 0 Å². The molecule has 3 atom stereocenters. The monoisotopic (exact) mass is 240 g/mol. The smallest absolute Gasteiger partial charge is 0.326 e. The summed E-state index contributed by atoms with van der Waals surface area (Å²) in [4.78, 5) is 1.35. The Labute approximate surface area is 96.0 Å². The zero-order valence-corrected chi connectivity index (χ0v) is 10.7. The van der Waals surface area contributed by atoms with E-state index in [4.69, 9.17) is 5.73 Å². The van der Waals surface area contributed by atoms with Crippen molar-refractivity contribution in [3.63, 3.8) is 0 Å². The number of hydrogen-bond acceptors (Lipinski definition) is 2. The molecule has 2 nitrogen and oxygen atoms in total. The van der Waals surface area contributed by atoms with E-state index in [2.05, 4.69) is 0 Å². The Balaban J connectivity index is 4.90. The van der Waals surface area contributed by atoms with Crippen LogP contribution < -0.4 is 5.73 Å². The third kappa shape index (κ3) is 3.94. The minimum Gasteiger partial charge on any atom is -0.326 e. The van der Waals surface area contributed by atoms with Gasteiger partial charge in [-0.25, -0.2) is 0 Å². The lowest BCUT2D eigenvalue weighted by atomic mass is 9.98. The number of alkyl halides is 3. The topological polar surface area (TPSA) is 29.3 Å². The van der Waals surface area contributed by atoms with Crippen molar-refractivity contribution in [3.05, 3.63) is 0 Å². The van der Waals surface area contributed by atoms with Gasteiger partial charge in [0.05, 0.1) is 0 Å². The van der Waals surface area contributed by atoms with Crippen LogP contribution in [0.4, 0.5) is 13.2 Å². The summed E-state index contributed by atoms with van der Waals surface area (Å²) in [5.41, 5.74) is 5.58. The van der Waals surface area contributed by atoms with Gasteiger partial charge in [-0.3, -0.25) is 4.90 Å². The van der Waals surface area contributed by atoms with Gasteiger partial charge in [0.2, 0.25) is 0 Å². The van der Waals surface area contributed by atoms with Gasteiger partial charge < -0.3 is 5.73 Å². The highest BCUT2D eigenvalue weighted by atomic mass is 19.4. The molecule has 0 aliphatic carbocycles. The van der Waals surface area contributed by atoms with E-state index in [9.17, 15) is 13.2 Å². The molecule has 0 aromatic rings. The van der Waals surface area contributed by atoms with Gasteiger partial charge in [0.1, 0.15) is 6.04 Å². The van der Waals surface area contributed by atoms with E-state index in [1.54, 1.807) is 13.8 Å². The molecule has 0 bridgehead atoms. The summed E-state index contributed by atoms with van der Waals surface area (Å²) < 4.78 is 38.7. The zero-order valence-electron chi connectivity index (χ0n) is 10.7. The highest BCUT2D eigenvalue weighted by molar-refractivity contribution is 4.88. The third-order valence-corrected chi connectivity index (χ3v) is 3.26. The quantitative estimate of drug-likeness (QED) is 0.800. The molecule has 0 radical (unpaired) electrons. The minimum absolute atomic E-state index is 0.149. The molecule has 16 heavy (non-hydrogen) atoms. The van der Waals surface area contributed by atoms with Crippen LogP contribution in [-0.2, 0) is 0 Å². The molecular formula is C11H23F3N2. The molecule has 0 amide bonds. The van der Waals surface area contributed by atoms with E-state index >= 15 is 0 Å². The first kappa shape index (κ1) is 15.7. The normalized spacial score (nSPS) is 18.9. The van der Waals surface area contributed by atoms with E-state index in [0.717, 1.165) is 0 Å². The van der Waals surface area contributed by atoms with Gasteiger partial charge in [0.25, 0.3) is 0 Å². The second kappa shape index (κ2) is 5.87. The zero-order chi connectivity index (χ0) is 13.1. The maximum absolute atomic E-state index is 12.9. The van der Waals surface area contributed by atoms with E-state index in [1.165, 1.54) is 11.9 Å². The Bertz CT molecular complexity index is 204. The summed E-state index contributed by atoms with van der Waals surface area (Å²) in [6.07, 6.45) is -3.95. The van der Waals surface area contributed by atoms with Crippen molar-refractivity contribution >= 4 is 0 Å². The lowest BCUT2D eigenvalue weighted by molar-refractivity contribution is -0.192. The van der Waals surface area contributed by atoms with Crippen LogP contribution in [0.2, 0.25) is 0 Å². The Morgan fingerprint density at radius 3 is 1.88 bits per heavy atom. The predicted molar refractivity (Wildman–Crippen MR) is 60.2 cm³/mol. The molecule has 98 valence electrons. The SMILES string of the molecule is CCC(N)C(N(C)C(C)C(C)C)C(F)(F)F. The first-order valence-electron chi connectivity index (χ1n) is 5.67.